The maximum atomic E-state index is 11.8. The van der Waals surface area contributed by atoms with E-state index in [9.17, 15) is 4.79 Å². The molecule has 1 amide bonds. The Bertz CT molecular complexity index is 398. The molecule has 0 aromatic carbocycles. The Hall–Kier alpha value is -1.56. The van der Waals surface area contributed by atoms with Crippen LogP contribution in [0.25, 0.3) is 0 Å². The third-order valence-corrected chi connectivity index (χ3v) is 3.43. The molecule has 5 nitrogen and oxygen atoms in total. The average Bonchev–Trinajstić information content (AvgIpc) is 2.98. The van der Waals surface area contributed by atoms with Gasteiger partial charge in [-0.3, -0.25) is 4.79 Å². The molecule has 1 saturated carbocycles. The number of nitrogens with zero attached hydrogens (tertiary/aromatic N) is 1. The number of amides is 1. The molecule has 6 heteroatoms. The Balaban J connectivity index is 2.03. The van der Waals surface area contributed by atoms with Crippen LogP contribution in [0.5, 0.6) is 0 Å². The van der Waals surface area contributed by atoms with Crippen molar-refractivity contribution in [2.45, 2.75) is 18.9 Å². The second-order valence-electron chi connectivity index (χ2n) is 3.79. The Morgan fingerprint density at radius 2 is 2.44 bits per heavy atom. The summed E-state index contributed by atoms with van der Waals surface area (Å²) in [5, 5.41) is 16.2. The van der Waals surface area contributed by atoms with Crippen molar-refractivity contribution in [2.24, 2.45) is 16.8 Å². The summed E-state index contributed by atoms with van der Waals surface area (Å²) in [4.78, 5) is 12.4. The van der Waals surface area contributed by atoms with Crippen LogP contribution in [0.15, 0.2) is 22.7 Å². The zero-order chi connectivity index (χ0) is 11.5. The van der Waals surface area contributed by atoms with Gasteiger partial charge in [-0.05, 0) is 30.2 Å². The highest BCUT2D eigenvalue weighted by atomic mass is 32.1. The predicted octanol–water partition coefficient (Wildman–Crippen LogP) is 1.00. The SMILES string of the molecule is NC(=NO)C(NC(=O)c1cccs1)C1CC1. The number of carbonyl (C=O) groups is 1. The number of thiophene rings is 1. The van der Waals surface area contributed by atoms with E-state index in [0.29, 0.717) is 10.8 Å². The molecule has 0 radical (unpaired) electrons. The van der Waals surface area contributed by atoms with Gasteiger partial charge in [0, 0.05) is 0 Å². The maximum absolute atomic E-state index is 11.8. The van der Waals surface area contributed by atoms with E-state index in [-0.39, 0.29) is 17.8 Å². The van der Waals surface area contributed by atoms with E-state index in [4.69, 9.17) is 10.9 Å². The standard InChI is InChI=1S/C10H13N3O2S/c11-9(13-15)8(6-3-4-6)12-10(14)7-2-1-5-16-7/h1-2,5-6,8,15H,3-4H2,(H2,11,13)(H,12,14). The third kappa shape index (κ3) is 2.33. The number of oxime groups is 1. The Morgan fingerprint density at radius 3 is 2.94 bits per heavy atom. The van der Waals surface area contributed by atoms with Crippen LogP contribution in [0.4, 0.5) is 0 Å². The first kappa shape index (κ1) is 10.9. The normalized spacial score (nSPS) is 18.1. The quantitative estimate of drug-likeness (QED) is 0.317. The molecule has 2 rings (SSSR count). The van der Waals surface area contributed by atoms with Crippen LogP contribution in [-0.2, 0) is 0 Å². The first-order valence-corrected chi connectivity index (χ1v) is 5.92. The lowest BCUT2D eigenvalue weighted by atomic mass is 10.1. The molecule has 0 saturated heterocycles. The monoisotopic (exact) mass is 239 g/mol. The van der Waals surface area contributed by atoms with E-state index in [0.717, 1.165) is 12.8 Å². The molecule has 16 heavy (non-hydrogen) atoms. The van der Waals surface area contributed by atoms with Gasteiger partial charge >= 0.3 is 0 Å². The van der Waals surface area contributed by atoms with Gasteiger partial charge in [0.15, 0.2) is 5.84 Å². The van der Waals surface area contributed by atoms with E-state index in [1.54, 1.807) is 6.07 Å². The molecule has 1 aliphatic rings. The van der Waals surface area contributed by atoms with Gasteiger partial charge in [0.05, 0.1) is 10.9 Å². The molecule has 0 spiro atoms. The highest BCUT2D eigenvalue weighted by Gasteiger charge is 2.35. The summed E-state index contributed by atoms with van der Waals surface area (Å²) in [5.41, 5.74) is 5.55. The topological polar surface area (TPSA) is 87.7 Å². The fourth-order valence-corrected chi connectivity index (χ4v) is 2.17. The third-order valence-electron chi connectivity index (χ3n) is 2.56. The van der Waals surface area contributed by atoms with E-state index in [1.165, 1.54) is 11.3 Å². The minimum absolute atomic E-state index is 0.0763. The Morgan fingerprint density at radius 1 is 1.69 bits per heavy atom. The molecule has 86 valence electrons. The fourth-order valence-electron chi connectivity index (χ4n) is 1.55. The van der Waals surface area contributed by atoms with Crippen LogP contribution in [0.1, 0.15) is 22.5 Å². The first-order valence-electron chi connectivity index (χ1n) is 5.04. The second kappa shape index (κ2) is 4.52. The number of rotatable bonds is 4. The van der Waals surface area contributed by atoms with Gasteiger partial charge in [-0.1, -0.05) is 11.2 Å². The van der Waals surface area contributed by atoms with Gasteiger partial charge in [-0.15, -0.1) is 11.3 Å². The highest BCUT2D eigenvalue weighted by Crippen LogP contribution is 2.32. The Kier molecular flexibility index (Phi) is 3.09. The predicted molar refractivity (Wildman–Crippen MR) is 61.7 cm³/mol. The number of nitrogens with two attached hydrogens (primary N) is 1. The molecule has 1 aliphatic carbocycles. The molecule has 1 heterocycles. The molecule has 1 aromatic rings. The molecule has 1 fully saturated rings. The summed E-state index contributed by atoms with van der Waals surface area (Å²) >= 11 is 1.37. The number of nitrogens with one attached hydrogen (secondary N) is 1. The molecular formula is C10H13N3O2S. The summed E-state index contributed by atoms with van der Waals surface area (Å²) in [5.74, 6) is 0.214. The number of hydrogen-bond acceptors (Lipinski definition) is 4. The van der Waals surface area contributed by atoms with Crippen molar-refractivity contribution < 1.29 is 10.0 Å². The van der Waals surface area contributed by atoms with Crippen molar-refractivity contribution in [3.8, 4) is 0 Å². The minimum Gasteiger partial charge on any atom is -0.409 e. The van der Waals surface area contributed by atoms with E-state index < -0.39 is 0 Å². The molecule has 4 N–H and O–H groups in total. The first-order chi connectivity index (χ1) is 7.72. The lowest BCUT2D eigenvalue weighted by molar-refractivity contribution is 0.0947. The number of hydrogen-bond donors (Lipinski definition) is 3. The van der Waals surface area contributed by atoms with Crippen LogP contribution >= 0.6 is 11.3 Å². The van der Waals surface area contributed by atoms with Crippen molar-refractivity contribution in [3.63, 3.8) is 0 Å². The molecule has 1 aromatic heterocycles. The summed E-state index contributed by atoms with van der Waals surface area (Å²) in [6.07, 6.45) is 2.01. The lowest BCUT2D eigenvalue weighted by Crippen LogP contribution is -2.45. The molecule has 0 aliphatic heterocycles. The maximum Gasteiger partial charge on any atom is 0.261 e. The summed E-state index contributed by atoms with van der Waals surface area (Å²) < 4.78 is 0. The van der Waals surface area contributed by atoms with E-state index in [2.05, 4.69) is 10.5 Å². The Labute approximate surface area is 97.0 Å². The molecule has 1 atom stereocenters. The van der Waals surface area contributed by atoms with E-state index in [1.807, 2.05) is 11.4 Å². The number of carbonyl (C=O) groups excluding carboxylic acids is 1. The van der Waals surface area contributed by atoms with E-state index >= 15 is 0 Å². The van der Waals surface area contributed by atoms with Crippen LogP contribution in [0.3, 0.4) is 0 Å². The van der Waals surface area contributed by atoms with Crippen LogP contribution in [0.2, 0.25) is 0 Å². The van der Waals surface area contributed by atoms with Crippen molar-refractivity contribution >= 4 is 23.1 Å². The fraction of sp³-hybridized carbons (Fsp3) is 0.400. The molecular weight excluding hydrogens is 226 g/mol. The van der Waals surface area contributed by atoms with Gasteiger partial charge in [-0.2, -0.15) is 0 Å². The number of amidine groups is 1. The summed E-state index contributed by atoms with van der Waals surface area (Å²) in [6, 6.07) is 3.21. The van der Waals surface area contributed by atoms with Gasteiger partial charge in [0.2, 0.25) is 0 Å². The minimum atomic E-state index is -0.348. The van der Waals surface area contributed by atoms with Gasteiger partial charge in [0.25, 0.3) is 5.91 Å². The lowest BCUT2D eigenvalue weighted by Gasteiger charge is -2.15. The van der Waals surface area contributed by atoms with Crippen molar-refractivity contribution in [1.29, 1.82) is 0 Å². The summed E-state index contributed by atoms with van der Waals surface area (Å²) in [7, 11) is 0. The van der Waals surface area contributed by atoms with Gasteiger partial charge in [0.1, 0.15) is 0 Å². The van der Waals surface area contributed by atoms with Crippen molar-refractivity contribution in [3.05, 3.63) is 22.4 Å². The van der Waals surface area contributed by atoms with Gasteiger partial charge < -0.3 is 16.3 Å². The molecule has 1 unspecified atom stereocenters. The summed E-state index contributed by atoms with van der Waals surface area (Å²) in [6.45, 7) is 0. The molecule has 0 bridgehead atoms. The smallest absolute Gasteiger partial charge is 0.261 e. The highest BCUT2D eigenvalue weighted by molar-refractivity contribution is 7.12. The zero-order valence-electron chi connectivity index (χ0n) is 8.59. The second-order valence-corrected chi connectivity index (χ2v) is 4.74. The average molecular weight is 239 g/mol. The van der Waals surface area contributed by atoms with Crippen molar-refractivity contribution in [1.82, 2.24) is 5.32 Å². The largest absolute Gasteiger partial charge is 0.409 e. The van der Waals surface area contributed by atoms with Crippen molar-refractivity contribution in [2.75, 3.05) is 0 Å². The zero-order valence-corrected chi connectivity index (χ0v) is 9.41. The van der Waals surface area contributed by atoms with Crippen LogP contribution in [-0.4, -0.2) is 23.0 Å². The van der Waals surface area contributed by atoms with Crippen LogP contribution < -0.4 is 11.1 Å². The van der Waals surface area contributed by atoms with Gasteiger partial charge in [-0.25, -0.2) is 0 Å². The van der Waals surface area contributed by atoms with Crippen LogP contribution in [0, 0.1) is 5.92 Å².